The third-order valence-corrected chi connectivity index (χ3v) is 5.02. The van der Waals surface area contributed by atoms with Crippen LogP contribution in [0.2, 0.25) is 0 Å². The zero-order chi connectivity index (χ0) is 12.4. The molecule has 0 aromatic carbocycles. The van der Waals surface area contributed by atoms with Crippen LogP contribution in [0.4, 0.5) is 0 Å². The number of fused-ring (bicyclic) bond motifs is 1. The van der Waals surface area contributed by atoms with E-state index in [0.717, 1.165) is 25.0 Å². The first-order valence-corrected chi connectivity index (χ1v) is 7.98. The molecule has 0 aromatic heterocycles. The van der Waals surface area contributed by atoms with E-state index in [1.54, 1.807) is 0 Å². The Morgan fingerprint density at radius 1 is 1.06 bits per heavy atom. The third-order valence-electron chi connectivity index (χ3n) is 5.02. The highest BCUT2D eigenvalue weighted by Gasteiger charge is 2.33. The van der Waals surface area contributed by atoms with Crippen LogP contribution in [0.5, 0.6) is 0 Å². The number of aliphatic hydroxyl groups excluding tert-OH is 1. The molecule has 3 rings (SSSR count). The summed E-state index contributed by atoms with van der Waals surface area (Å²) in [6.45, 7) is 2.89. The van der Waals surface area contributed by atoms with Crippen molar-refractivity contribution < 1.29 is 5.11 Å². The SMILES string of the molecule is OC(CNC1CC1)CN1CCC[C@H]2CCCC[C@H]21. The second kappa shape index (κ2) is 5.89. The Kier molecular flexibility index (Phi) is 4.22. The topological polar surface area (TPSA) is 35.5 Å². The first-order valence-electron chi connectivity index (χ1n) is 7.98. The monoisotopic (exact) mass is 252 g/mol. The molecule has 2 saturated carbocycles. The normalized spacial score (nSPS) is 35.2. The molecular formula is C15H28N2O. The number of nitrogens with zero attached hydrogens (tertiary/aromatic N) is 1. The number of hydrogen-bond donors (Lipinski definition) is 2. The Morgan fingerprint density at radius 2 is 1.83 bits per heavy atom. The fourth-order valence-electron chi connectivity index (χ4n) is 3.88. The van der Waals surface area contributed by atoms with Crippen LogP contribution in [0, 0.1) is 5.92 Å². The lowest BCUT2D eigenvalue weighted by atomic mass is 9.78. The van der Waals surface area contributed by atoms with Crippen molar-refractivity contribution in [3.8, 4) is 0 Å². The minimum Gasteiger partial charge on any atom is -0.390 e. The van der Waals surface area contributed by atoms with Crippen LogP contribution in [-0.4, -0.2) is 47.8 Å². The van der Waals surface area contributed by atoms with Crippen LogP contribution in [0.25, 0.3) is 0 Å². The predicted octanol–water partition coefficient (Wildman–Crippen LogP) is 1.75. The van der Waals surface area contributed by atoms with Crippen LogP contribution in [0.1, 0.15) is 51.4 Å². The van der Waals surface area contributed by atoms with Gasteiger partial charge in [-0.1, -0.05) is 12.8 Å². The summed E-state index contributed by atoms with van der Waals surface area (Å²) in [5, 5.41) is 13.6. The number of piperidine rings is 1. The van der Waals surface area contributed by atoms with E-state index in [-0.39, 0.29) is 6.10 Å². The van der Waals surface area contributed by atoms with Crippen molar-refractivity contribution >= 4 is 0 Å². The first kappa shape index (κ1) is 12.9. The van der Waals surface area contributed by atoms with Gasteiger partial charge in [-0.15, -0.1) is 0 Å². The Bertz CT molecular complexity index is 265. The summed E-state index contributed by atoms with van der Waals surface area (Å²) in [6, 6.07) is 1.49. The molecule has 3 heteroatoms. The minimum atomic E-state index is -0.175. The lowest BCUT2D eigenvalue weighted by molar-refractivity contribution is 0.0212. The average Bonchev–Trinajstić information content (AvgIpc) is 3.21. The Morgan fingerprint density at radius 3 is 2.67 bits per heavy atom. The lowest BCUT2D eigenvalue weighted by Crippen LogP contribution is -2.50. The second-order valence-electron chi connectivity index (χ2n) is 6.59. The van der Waals surface area contributed by atoms with E-state index in [0.29, 0.717) is 6.04 Å². The molecule has 0 amide bonds. The average molecular weight is 252 g/mol. The van der Waals surface area contributed by atoms with Crippen LogP contribution < -0.4 is 5.32 Å². The summed E-state index contributed by atoms with van der Waals surface area (Å²) in [6.07, 6.45) is 10.8. The maximum Gasteiger partial charge on any atom is 0.0791 e. The van der Waals surface area contributed by atoms with Gasteiger partial charge in [0.2, 0.25) is 0 Å². The van der Waals surface area contributed by atoms with E-state index in [1.807, 2.05) is 0 Å². The zero-order valence-electron chi connectivity index (χ0n) is 11.5. The number of hydrogen-bond acceptors (Lipinski definition) is 3. The first-order chi connectivity index (χ1) is 8.83. The van der Waals surface area contributed by atoms with Gasteiger partial charge in [-0.3, -0.25) is 4.90 Å². The Balaban J connectivity index is 1.47. The van der Waals surface area contributed by atoms with Crippen LogP contribution in [0.3, 0.4) is 0 Å². The summed E-state index contributed by atoms with van der Waals surface area (Å²) in [7, 11) is 0. The van der Waals surface area contributed by atoms with Gasteiger partial charge in [0.15, 0.2) is 0 Å². The molecule has 2 aliphatic carbocycles. The number of β-amino-alcohol motifs (C(OH)–C–C–N with tert-alkyl or cyclic N) is 1. The molecule has 1 saturated heterocycles. The molecule has 1 unspecified atom stereocenters. The van der Waals surface area contributed by atoms with Crippen LogP contribution >= 0.6 is 0 Å². The smallest absolute Gasteiger partial charge is 0.0791 e. The molecule has 1 aliphatic heterocycles. The molecule has 1 heterocycles. The van der Waals surface area contributed by atoms with Gasteiger partial charge in [-0.05, 0) is 51.0 Å². The van der Waals surface area contributed by atoms with Gasteiger partial charge in [-0.2, -0.15) is 0 Å². The fraction of sp³-hybridized carbons (Fsp3) is 1.00. The van der Waals surface area contributed by atoms with Gasteiger partial charge in [0.25, 0.3) is 0 Å². The summed E-state index contributed by atoms with van der Waals surface area (Å²) in [4.78, 5) is 2.59. The molecule has 2 N–H and O–H groups in total. The Labute approximate surface area is 111 Å². The molecule has 0 aromatic rings. The van der Waals surface area contributed by atoms with Crippen LogP contribution in [0.15, 0.2) is 0 Å². The largest absolute Gasteiger partial charge is 0.390 e. The molecule has 0 spiro atoms. The highest BCUT2D eigenvalue weighted by molar-refractivity contribution is 4.89. The Hall–Kier alpha value is -0.120. The van der Waals surface area contributed by atoms with E-state index in [1.165, 1.54) is 57.9 Å². The lowest BCUT2D eigenvalue weighted by Gasteiger charge is -2.44. The number of rotatable bonds is 5. The van der Waals surface area contributed by atoms with Gasteiger partial charge in [-0.25, -0.2) is 0 Å². The summed E-state index contributed by atoms with van der Waals surface area (Å²) >= 11 is 0. The van der Waals surface area contributed by atoms with Gasteiger partial charge in [0.1, 0.15) is 0 Å². The van der Waals surface area contributed by atoms with Gasteiger partial charge < -0.3 is 10.4 Å². The van der Waals surface area contributed by atoms with E-state index >= 15 is 0 Å². The fourth-order valence-corrected chi connectivity index (χ4v) is 3.88. The highest BCUT2D eigenvalue weighted by atomic mass is 16.3. The third kappa shape index (κ3) is 3.25. The summed E-state index contributed by atoms with van der Waals surface area (Å²) in [5.41, 5.74) is 0. The number of likely N-dealkylation sites (tertiary alicyclic amines) is 1. The number of nitrogens with one attached hydrogen (secondary N) is 1. The number of aliphatic hydroxyl groups is 1. The van der Waals surface area contributed by atoms with E-state index < -0.39 is 0 Å². The molecule has 104 valence electrons. The van der Waals surface area contributed by atoms with E-state index in [2.05, 4.69) is 10.2 Å². The van der Waals surface area contributed by atoms with Crippen molar-refractivity contribution in [2.75, 3.05) is 19.6 Å². The quantitative estimate of drug-likeness (QED) is 0.782. The van der Waals surface area contributed by atoms with Crippen molar-refractivity contribution in [2.24, 2.45) is 5.92 Å². The van der Waals surface area contributed by atoms with E-state index in [4.69, 9.17) is 0 Å². The molecule has 3 aliphatic rings. The van der Waals surface area contributed by atoms with Gasteiger partial charge in [0, 0.05) is 25.2 Å². The molecule has 3 fully saturated rings. The highest BCUT2D eigenvalue weighted by Crippen LogP contribution is 2.35. The summed E-state index contributed by atoms with van der Waals surface area (Å²) in [5.74, 6) is 0.927. The molecule has 0 bridgehead atoms. The van der Waals surface area contributed by atoms with Crippen LogP contribution in [-0.2, 0) is 0 Å². The van der Waals surface area contributed by atoms with Gasteiger partial charge in [0.05, 0.1) is 6.10 Å². The van der Waals surface area contributed by atoms with Crippen molar-refractivity contribution in [1.82, 2.24) is 10.2 Å². The molecular weight excluding hydrogens is 224 g/mol. The maximum atomic E-state index is 10.2. The molecule has 0 radical (unpaired) electrons. The summed E-state index contributed by atoms with van der Waals surface area (Å²) < 4.78 is 0. The van der Waals surface area contributed by atoms with Crippen molar-refractivity contribution in [3.63, 3.8) is 0 Å². The molecule has 18 heavy (non-hydrogen) atoms. The van der Waals surface area contributed by atoms with Crippen molar-refractivity contribution in [2.45, 2.75) is 69.6 Å². The van der Waals surface area contributed by atoms with Crippen molar-refractivity contribution in [3.05, 3.63) is 0 Å². The minimum absolute atomic E-state index is 0.175. The van der Waals surface area contributed by atoms with Gasteiger partial charge >= 0.3 is 0 Å². The second-order valence-corrected chi connectivity index (χ2v) is 6.59. The molecule has 3 nitrogen and oxygen atoms in total. The standard InChI is InChI=1S/C15H28N2O/c18-14(10-16-13-7-8-13)11-17-9-3-5-12-4-1-2-6-15(12)17/h12-16,18H,1-11H2/t12-,14?,15-/m1/s1. The van der Waals surface area contributed by atoms with E-state index in [9.17, 15) is 5.11 Å². The zero-order valence-corrected chi connectivity index (χ0v) is 11.5. The predicted molar refractivity (Wildman–Crippen MR) is 73.6 cm³/mol. The molecule has 3 atom stereocenters. The van der Waals surface area contributed by atoms with Crippen molar-refractivity contribution in [1.29, 1.82) is 0 Å². The maximum absolute atomic E-state index is 10.2.